The molecule has 0 bridgehead atoms. The lowest BCUT2D eigenvalue weighted by Gasteiger charge is -1.72. The highest BCUT2D eigenvalue weighted by atomic mass is 32.1. The normalized spacial score (nSPS) is 8.12. The minimum Gasteiger partial charge on any atom is -0.375 e. The summed E-state index contributed by atoms with van der Waals surface area (Å²) < 4.78 is 0. The Kier molecular flexibility index (Phi) is 2.48. The molecule has 0 saturated carbocycles. The van der Waals surface area contributed by atoms with Gasteiger partial charge in [-0.15, -0.1) is 11.3 Å². The number of nitrogen functional groups attached to an aromatic ring is 1. The number of anilines is 1. The average molecular weight is 130 g/mol. The first-order chi connectivity index (χ1) is 3.29. The van der Waals surface area contributed by atoms with Crippen LogP contribution < -0.4 is 5.73 Å². The lowest BCUT2D eigenvalue weighted by Crippen LogP contribution is -1.80. The number of aromatic nitrogens is 1. The fourth-order valence-corrected chi connectivity index (χ4v) is 0.913. The molecule has 0 aliphatic carbocycles. The quantitative estimate of drug-likeness (QED) is 0.580. The molecule has 2 N–H and O–H groups in total. The molecule has 1 aromatic heterocycles. The second kappa shape index (κ2) is 2.67. The van der Waals surface area contributed by atoms with E-state index in [4.69, 9.17) is 5.73 Å². The first-order valence-corrected chi connectivity index (χ1v) is 2.84. The summed E-state index contributed by atoms with van der Waals surface area (Å²) in [7, 11) is 0. The standard InChI is InChI=1S/C4H6N2S.CH4/c1-3-2-7-4(5)6-3;/h2H,1H3,(H2,5,6);1H4. The van der Waals surface area contributed by atoms with E-state index in [0.717, 1.165) is 5.69 Å². The monoisotopic (exact) mass is 130 g/mol. The third-order valence-corrected chi connectivity index (χ3v) is 1.43. The van der Waals surface area contributed by atoms with Crippen molar-refractivity contribution in [1.82, 2.24) is 4.98 Å². The van der Waals surface area contributed by atoms with E-state index in [2.05, 4.69) is 4.98 Å². The predicted molar refractivity (Wildman–Crippen MR) is 38.0 cm³/mol. The zero-order chi connectivity index (χ0) is 5.28. The van der Waals surface area contributed by atoms with Crippen molar-refractivity contribution in [2.75, 3.05) is 5.73 Å². The topological polar surface area (TPSA) is 38.9 Å². The SMILES string of the molecule is C.Cc1csc(N)n1. The van der Waals surface area contributed by atoms with Gasteiger partial charge in [-0.3, -0.25) is 0 Å². The van der Waals surface area contributed by atoms with Crippen LogP contribution in [0.25, 0.3) is 0 Å². The molecule has 2 nitrogen and oxygen atoms in total. The Morgan fingerprint density at radius 1 is 1.75 bits per heavy atom. The second-order valence-corrected chi connectivity index (χ2v) is 2.22. The fraction of sp³-hybridized carbons (Fsp3) is 0.400. The molecule has 0 radical (unpaired) electrons. The van der Waals surface area contributed by atoms with E-state index in [9.17, 15) is 0 Å². The van der Waals surface area contributed by atoms with Gasteiger partial charge in [0.05, 0.1) is 5.69 Å². The Labute approximate surface area is 53.4 Å². The van der Waals surface area contributed by atoms with Crippen LogP contribution in [0.4, 0.5) is 5.13 Å². The molecule has 0 fully saturated rings. The van der Waals surface area contributed by atoms with Crippen molar-refractivity contribution < 1.29 is 0 Å². The second-order valence-electron chi connectivity index (χ2n) is 1.33. The molecule has 0 unspecified atom stereocenters. The van der Waals surface area contributed by atoms with E-state index in [1.807, 2.05) is 12.3 Å². The predicted octanol–water partition coefficient (Wildman–Crippen LogP) is 1.67. The Balaban J connectivity index is 0.000000490. The molecule has 0 aliphatic rings. The molecule has 0 saturated heterocycles. The van der Waals surface area contributed by atoms with Gasteiger partial charge in [-0.05, 0) is 6.92 Å². The van der Waals surface area contributed by atoms with E-state index < -0.39 is 0 Å². The van der Waals surface area contributed by atoms with Crippen LogP contribution in [0.2, 0.25) is 0 Å². The summed E-state index contributed by atoms with van der Waals surface area (Å²) in [5, 5.41) is 2.58. The van der Waals surface area contributed by atoms with Crippen molar-refractivity contribution >= 4 is 16.5 Å². The van der Waals surface area contributed by atoms with Crippen LogP contribution in [0.1, 0.15) is 13.1 Å². The Bertz CT molecular complexity index is 143. The minimum atomic E-state index is 0. The Morgan fingerprint density at radius 3 is 2.50 bits per heavy atom. The van der Waals surface area contributed by atoms with E-state index in [1.165, 1.54) is 11.3 Å². The van der Waals surface area contributed by atoms with Crippen LogP contribution >= 0.6 is 11.3 Å². The van der Waals surface area contributed by atoms with Gasteiger partial charge in [0.2, 0.25) is 0 Å². The molecule has 8 heavy (non-hydrogen) atoms. The summed E-state index contributed by atoms with van der Waals surface area (Å²) in [6.07, 6.45) is 0. The Hall–Kier alpha value is -0.570. The van der Waals surface area contributed by atoms with Crippen LogP contribution in [-0.4, -0.2) is 4.98 Å². The van der Waals surface area contributed by atoms with Gasteiger partial charge in [-0.2, -0.15) is 0 Å². The van der Waals surface area contributed by atoms with Gasteiger partial charge in [0.25, 0.3) is 0 Å². The van der Waals surface area contributed by atoms with Gasteiger partial charge in [0.15, 0.2) is 5.13 Å². The van der Waals surface area contributed by atoms with E-state index in [0.29, 0.717) is 5.13 Å². The van der Waals surface area contributed by atoms with Gasteiger partial charge >= 0.3 is 0 Å². The molecule has 46 valence electrons. The highest BCUT2D eigenvalue weighted by Gasteiger charge is 1.86. The molecule has 1 heterocycles. The zero-order valence-electron chi connectivity index (χ0n) is 4.01. The van der Waals surface area contributed by atoms with Crippen molar-refractivity contribution in [3.8, 4) is 0 Å². The number of rotatable bonds is 0. The third kappa shape index (κ3) is 1.50. The smallest absolute Gasteiger partial charge is 0.180 e. The molecular formula is C5H10N2S. The summed E-state index contributed by atoms with van der Waals surface area (Å²) in [5.41, 5.74) is 6.29. The van der Waals surface area contributed by atoms with Gasteiger partial charge in [0.1, 0.15) is 0 Å². The summed E-state index contributed by atoms with van der Waals surface area (Å²) in [4.78, 5) is 3.91. The highest BCUT2D eigenvalue weighted by molar-refractivity contribution is 7.13. The summed E-state index contributed by atoms with van der Waals surface area (Å²) in [5.74, 6) is 0. The number of hydrogen-bond acceptors (Lipinski definition) is 3. The zero-order valence-corrected chi connectivity index (χ0v) is 4.83. The summed E-state index contributed by atoms with van der Waals surface area (Å²) >= 11 is 1.47. The third-order valence-electron chi connectivity index (χ3n) is 0.637. The van der Waals surface area contributed by atoms with Crippen LogP contribution in [0.3, 0.4) is 0 Å². The minimum absolute atomic E-state index is 0. The van der Waals surface area contributed by atoms with Crippen LogP contribution in [0.15, 0.2) is 5.38 Å². The molecule has 0 aromatic carbocycles. The van der Waals surface area contributed by atoms with Crippen LogP contribution in [0, 0.1) is 6.92 Å². The number of thiazole rings is 1. The van der Waals surface area contributed by atoms with Crippen molar-refractivity contribution in [2.24, 2.45) is 0 Å². The molecule has 1 aromatic rings. The van der Waals surface area contributed by atoms with Crippen LogP contribution in [-0.2, 0) is 0 Å². The number of hydrogen-bond donors (Lipinski definition) is 1. The molecule has 3 heteroatoms. The highest BCUT2D eigenvalue weighted by Crippen LogP contribution is 2.08. The van der Waals surface area contributed by atoms with E-state index in [1.54, 1.807) is 0 Å². The Morgan fingerprint density at radius 2 is 2.38 bits per heavy atom. The maximum absolute atomic E-state index is 5.29. The lowest BCUT2D eigenvalue weighted by molar-refractivity contribution is 1.27. The number of nitrogens with two attached hydrogens (primary N) is 1. The first kappa shape index (κ1) is 7.43. The van der Waals surface area contributed by atoms with Gasteiger partial charge < -0.3 is 5.73 Å². The number of nitrogens with zero attached hydrogens (tertiary/aromatic N) is 1. The fourth-order valence-electron chi connectivity index (χ4n) is 0.372. The summed E-state index contributed by atoms with van der Waals surface area (Å²) in [6, 6.07) is 0. The van der Waals surface area contributed by atoms with Crippen molar-refractivity contribution in [2.45, 2.75) is 14.4 Å². The maximum Gasteiger partial charge on any atom is 0.180 e. The molecule has 0 atom stereocenters. The summed E-state index contributed by atoms with van der Waals surface area (Å²) in [6.45, 7) is 1.92. The first-order valence-electron chi connectivity index (χ1n) is 1.96. The van der Waals surface area contributed by atoms with Gasteiger partial charge in [-0.1, -0.05) is 7.43 Å². The molecule has 0 amide bonds. The van der Waals surface area contributed by atoms with Gasteiger partial charge in [-0.25, -0.2) is 4.98 Å². The van der Waals surface area contributed by atoms with Crippen molar-refractivity contribution in [3.05, 3.63) is 11.1 Å². The lowest BCUT2D eigenvalue weighted by atomic mass is 10.6. The van der Waals surface area contributed by atoms with E-state index in [-0.39, 0.29) is 7.43 Å². The average Bonchev–Trinajstić information content (AvgIpc) is 1.87. The molecule has 0 aliphatic heterocycles. The van der Waals surface area contributed by atoms with E-state index >= 15 is 0 Å². The number of aryl methyl sites for hydroxylation is 1. The van der Waals surface area contributed by atoms with Crippen LogP contribution in [0.5, 0.6) is 0 Å². The largest absolute Gasteiger partial charge is 0.375 e. The molecule has 1 rings (SSSR count). The van der Waals surface area contributed by atoms with Gasteiger partial charge in [0, 0.05) is 5.38 Å². The maximum atomic E-state index is 5.29. The molecule has 0 spiro atoms. The molecular weight excluding hydrogens is 120 g/mol. The van der Waals surface area contributed by atoms with Crippen molar-refractivity contribution in [1.29, 1.82) is 0 Å². The van der Waals surface area contributed by atoms with Crippen molar-refractivity contribution in [3.63, 3.8) is 0 Å².